The fourth-order valence-corrected chi connectivity index (χ4v) is 7.65. The number of likely N-dealkylation sites (tertiary alicyclic amines) is 1. The zero-order chi connectivity index (χ0) is 30.1. The molecule has 220 valence electrons. The van der Waals surface area contributed by atoms with Crippen LogP contribution in [0.25, 0.3) is 0 Å². The van der Waals surface area contributed by atoms with Gasteiger partial charge in [-0.3, -0.25) is 24.1 Å². The van der Waals surface area contributed by atoms with Crippen molar-refractivity contribution >= 4 is 29.3 Å². The number of rotatable bonds is 5. The molecule has 42 heavy (non-hydrogen) atoms. The normalized spacial score (nSPS) is 30.7. The number of anilines is 1. The summed E-state index contributed by atoms with van der Waals surface area (Å²) in [5, 5.41) is 11.0. The van der Waals surface area contributed by atoms with Crippen LogP contribution in [0.2, 0.25) is 0 Å². The van der Waals surface area contributed by atoms with E-state index in [0.717, 1.165) is 23.1 Å². The summed E-state index contributed by atoms with van der Waals surface area (Å²) >= 11 is 0. The van der Waals surface area contributed by atoms with Crippen LogP contribution in [-0.4, -0.2) is 46.5 Å². The number of alkyl halides is 3. The molecule has 2 aliphatic carbocycles. The lowest BCUT2D eigenvalue weighted by molar-refractivity contribution is -0.274. The number of allylic oxidation sites excluding steroid dienone is 2. The molecule has 3 fully saturated rings. The predicted octanol–water partition coefficient (Wildman–Crippen LogP) is 4.93. The maximum atomic E-state index is 14.3. The Balaban J connectivity index is 1.53. The van der Waals surface area contributed by atoms with E-state index in [9.17, 15) is 37.5 Å². The molecule has 8 nitrogen and oxygen atoms in total. The first-order valence-corrected chi connectivity index (χ1v) is 14.0. The monoisotopic (exact) mass is 582 g/mol. The number of carbonyl (C=O) groups is 4. The van der Waals surface area contributed by atoms with Crippen LogP contribution in [0.5, 0.6) is 11.5 Å². The minimum absolute atomic E-state index is 0.0168. The summed E-state index contributed by atoms with van der Waals surface area (Å²) in [5.41, 5.74) is -0.621. The minimum Gasteiger partial charge on any atom is -0.508 e. The quantitative estimate of drug-likeness (QED) is 0.396. The number of hydrogen-bond acceptors (Lipinski definition) is 6. The number of carbonyl (C=O) groups excluding carboxylic acids is 4. The number of imide groups is 2. The van der Waals surface area contributed by atoms with Crippen LogP contribution in [0.1, 0.15) is 44.6 Å². The lowest BCUT2D eigenvalue weighted by Crippen LogP contribution is -2.48. The van der Waals surface area contributed by atoms with Gasteiger partial charge in [0.25, 0.3) is 0 Å². The van der Waals surface area contributed by atoms with E-state index < -0.39 is 58.9 Å². The molecule has 1 N–H and O–H groups in total. The molecule has 2 saturated heterocycles. The van der Waals surface area contributed by atoms with Gasteiger partial charge < -0.3 is 9.84 Å². The summed E-state index contributed by atoms with van der Waals surface area (Å²) in [6, 6.07) is 11.4. The molecule has 2 aromatic rings. The largest absolute Gasteiger partial charge is 0.573 e. The number of ether oxygens (including phenoxy) is 1. The van der Waals surface area contributed by atoms with Gasteiger partial charge in [-0.1, -0.05) is 36.8 Å². The number of hydrogen-bond donors (Lipinski definition) is 1. The fourth-order valence-electron chi connectivity index (χ4n) is 7.65. The molecular formula is C31H29F3N2O6. The molecule has 2 aromatic carbocycles. The molecule has 0 bridgehead atoms. The van der Waals surface area contributed by atoms with Crippen molar-refractivity contribution in [2.24, 2.45) is 29.1 Å². The van der Waals surface area contributed by atoms with Crippen molar-refractivity contribution in [1.29, 1.82) is 0 Å². The maximum Gasteiger partial charge on any atom is 0.573 e. The number of nitrogens with zero attached hydrogens (tertiary/aromatic N) is 2. The molecule has 2 heterocycles. The van der Waals surface area contributed by atoms with E-state index in [2.05, 4.69) is 4.74 Å². The second-order valence-corrected chi connectivity index (χ2v) is 11.6. The molecule has 0 spiro atoms. The number of benzene rings is 2. The number of phenols is 1. The average Bonchev–Trinajstić information content (AvgIpc) is 3.30. The SMILES string of the molecule is CCCN1C(=O)C2CC=C3C(CC4C(=O)N(c5ccccc5)C(=O)C4(C)C3c3cc(OC(F)(F)F)ccc3O)C2C1=O. The van der Waals surface area contributed by atoms with Crippen LogP contribution in [0.15, 0.2) is 60.2 Å². The third-order valence-corrected chi connectivity index (χ3v) is 9.37. The van der Waals surface area contributed by atoms with Crippen LogP contribution in [-0.2, 0) is 19.2 Å². The summed E-state index contributed by atoms with van der Waals surface area (Å²) < 4.78 is 43.7. The Morgan fingerprint density at radius 3 is 2.38 bits per heavy atom. The van der Waals surface area contributed by atoms with Gasteiger partial charge in [-0.15, -0.1) is 13.2 Å². The van der Waals surface area contributed by atoms with E-state index >= 15 is 0 Å². The van der Waals surface area contributed by atoms with Crippen molar-refractivity contribution in [2.75, 3.05) is 11.4 Å². The summed E-state index contributed by atoms with van der Waals surface area (Å²) in [6.07, 6.45) is -2.35. The van der Waals surface area contributed by atoms with Crippen molar-refractivity contribution in [3.8, 4) is 11.5 Å². The first-order valence-electron chi connectivity index (χ1n) is 14.0. The van der Waals surface area contributed by atoms with Gasteiger partial charge in [0, 0.05) is 18.0 Å². The number of halogens is 3. The molecule has 4 amide bonds. The highest BCUT2D eigenvalue weighted by Crippen LogP contribution is 2.64. The van der Waals surface area contributed by atoms with E-state index in [1.807, 2.05) is 6.92 Å². The van der Waals surface area contributed by atoms with Gasteiger partial charge in [-0.2, -0.15) is 0 Å². The molecule has 6 atom stereocenters. The van der Waals surface area contributed by atoms with Gasteiger partial charge in [0.05, 0.1) is 28.9 Å². The predicted molar refractivity (Wildman–Crippen MR) is 143 cm³/mol. The van der Waals surface area contributed by atoms with E-state index in [0.29, 0.717) is 17.7 Å². The molecule has 2 aliphatic heterocycles. The summed E-state index contributed by atoms with van der Waals surface area (Å²) in [7, 11) is 0. The minimum atomic E-state index is -5.00. The Hall–Kier alpha value is -4.15. The van der Waals surface area contributed by atoms with Crippen LogP contribution in [0, 0.1) is 29.1 Å². The second-order valence-electron chi connectivity index (χ2n) is 11.6. The molecule has 0 radical (unpaired) electrons. The lowest BCUT2D eigenvalue weighted by Gasteiger charge is -2.49. The Morgan fingerprint density at radius 1 is 1.00 bits per heavy atom. The van der Waals surface area contributed by atoms with Crippen LogP contribution in [0.4, 0.5) is 18.9 Å². The van der Waals surface area contributed by atoms with E-state index in [1.165, 1.54) is 4.90 Å². The summed E-state index contributed by atoms with van der Waals surface area (Å²) in [4.78, 5) is 57.5. The number of aromatic hydroxyl groups is 1. The van der Waals surface area contributed by atoms with E-state index in [4.69, 9.17) is 0 Å². The highest BCUT2D eigenvalue weighted by molar-refractivity contribution is 6.24. The highest BCUT2D eigenvalue weighted by atomic mass is 19.4. The van der Waals surface area contributed by atoms with Crippen LogP contribution in [0.3, 0.4) is 0 Å². The lowest BCUT2D eigenvalue weighted by atomic mass is 9.51. The van der Waals surface area contributed by atoms with Crippen LogP contribution < -0.4 is 9.64 Å². The average molecular weight is 583 g/mol. The Kier molecular flexibility index (Phi) is 6.47. The third-order valence-electron chi connectivity index (χ3n) is 9.37. The molecule has 0 aromatic heterocycles. The van der Waals surface area contributed by atoms with Crippen LogP contribution >= 0.6 is 0 Å². The van der Waals surface area contributed by atoms with Crippen molar-refractivity contribution < 1.29 is 42.2 Å². The molecule has 6 unspecified atom stereocenters. The molecular weight excluding hydrogens is 553 g/mol. The van der Waals surface area contributed by atoms with Gasteiger partial charge in [0.15, 0.2) is 0 Å². The van der Waals surface area contributed by atoms with Crippen molar-refractivity contribution in [1.82, 2.24) is 4.90 Å². The molecule has 4 aliphatic rings. The van der Waals surface area contributed by atoms with Gasteiger partial charge in [0.1, 0.15) is 11.5 Å². The zero-order valence-electron chi connectivity index (χ0n) is 22.9. The number of para-hydroxylation sites is 1. The van der Waals surface area contributed by atoms with Gasteiger partial charge in [0.2, 0.25) is 23.6 Å². The Labute approximate surface area is 239 Å². The number of phenolic OH excluding ortho intramolecular Hbond substituents is 1. The molecule has 6 rings (SSSR count). The zero-order valence-corrected chi connectivity index (χ0v) is 22.9. The highest BCUT2D eigenvalue weighted by Gasteiger charge is 2.67. The van der Waals surface area contributed by atoms with Crippen molar-refractivity contribution in [2.45, 2.75) is 45.4 Å². The summed E-state index contributed by atoms with van der Waals surface area (Å²) in [5.74, 6) is -6.72. The smallest absolute Gasteiger partial charge is 0.508 e. The third kappa shape index (κ3) is 4.04. The first-order chi connectivity index (χ1) is 19.9. The van der Waals surface area contributed by atoms with E-state index in [1.54, 1.807) is 43.3 Å². The number of fused-ring (bicyclic) bond motifs is 4. The van der Waals surface area contributed by atoms with Gasteiger partial charge >= 0.3 is 6.36 Å². The van der Waals surface area contributed by atoms with Crippen molar-refractivity contribution in [3.63, 3.8) is 0 Å². The van der Waals surface area contributed by atoms with E-state index in [-0.39, 0.29) is 42.5 Å². The Morgan fingerprint density at radius 2 is 1.71 bits per heavy atom. The molecule has 11 heteroatoms. The van der Waals surface area contributed by atoms with Crippen molar-refractivity contribution in [3.05, 3.63) is 65.7 Å². The van der Waals surface area contributed by atoms with Gasteiger partial charge in [-0.25, -0.2) is 4.90 Å². The first kappa shape index (κ1) is 28.0. The topological polar surface area (TPSA) is 104 Å². The maximum absolute atomic E-state index is 14.3. The fraction of sp³-hybridized carbons (Fsp3) is 0.419. The standard InChI is InChI=1S/C31H29F3N2O6/c1-3-13-35-26(38)19-11-10-18-20(24(19)28(35)40)15-22-27(39)36(16-7-5-4-6-8-16)29(41)30(22,2)25(18)21-14-17(9-12-23(21)37)42-31(32,33)34/h4-10,12,14,19-20,22,24-25,37H,3,11,13,15H2,1-2H3. The summed E-state index contributed by atoms with van der Waals surface area (Å²) in [6.45, 7) is 3.71. The molecule has 1 saturated carbocycles. The second kappa shape index (κ2) is 9.71. The Bertz CT molecular complexity index is 1520. The number of amides is 4. The van der Waals surface area contributed by atoms with Gasteiger partial charge in [-0.05, 0) is 62.4 Å².